The Labute approximate surface area is 77.8 Å². The highest BCUT2D eigenvalue weighted by atomic mass is 16.4. The fourth-order valence-corrected chi connectivity index (χ4v) is 3.21. The first-order valence-electron chi connectivity index (χ1n) is 4.83. The molecule has 2 saturated carbocycles. The highest BCUT2D eigenvalue weighted by Gasteiger charge is 2.65. The van der Waals surface area contributed by atoms with Crippen LogP contribution in [0.15, 0.2) is 0 Å². The molecule has 0 aromatic heterocycles. The summed E-state index contributed by atoms with van der Waals surface area (Å²) in [6.07, 6.45) is 1.60. The van der Waals surface area contributed by atoms with Crippen LogP contribution in [0.4, 0.5) is 0 Å². The molecule has 3 nitrogen and oxygen atoms in total. The molecule has 0 aromatic rings. The van der Waals surface area contributed by atoms with Gasteiger partial charge in [0.15, 0.2) is 0 Å². The Morgan fingerprint density at radius 2 is 2.08 bits per heavy atom. The molecule has 2 rings (SSSR count). The number of hydrogen-bond donors (Lipinski definition) is 2. The molecule has 3 atom stereocenters. The number of carbonyl (C=O) groups is 1. The Kier molecular flexibility index (Phi) is 1.57. The fourth-order valence-electron chi connectivity index (χ4n) is 3.21. The maximum atomic E-state index is 11.1. The van der Waals surface area contributed by atoms with E-state index in [1.807, 2.05) is 13.8 Å². The molecule has 2 aliphatic carbocycles. The van der Waals surface area contributed by atoms with Gasteiger partial charge in [-0.3, -0.25) is 4.79 Å². The third-order valence-electron chi connectivity index (χ3n) is 4.26. The summed E-state index contributed by atoms with van der Waals surface area (Å²) in [5.74, 6) is -0.424. The second-order valence-corrected chi connectivity index (χ2v) is 5.12. The van der Waals surface area contributed by atoms with Crippen molar-refractivity contribution >= 4 is 5.97 Å². The van der Waals surface area contributed by atoms with E-state index >= 15 is 0 Å². The Morgan fingerprint density at radius 1 is 1.46 bits per heavy atom. The van der Waals surface area contributed by atoms with Crippen molar-refractivity contribution in [2.45, 2.75) is 39.2 Å². The van der Waals surface area contributed by atoms with E-state index in [-0.39, 0.29) is 5.41 Å². The van der Waals surface area contributed by atoms with Crippen molar-refractivity contribution in [1.29, 1.82) is 0 Å². The lowest BCUT2D eigenvalue weighted by molar-refractivity contribution is -0.159. The van der Waals surface area contributed by atoms with Gasteiger partial charge in [-0.25, -0.2) is 0 Å². The average molecular weight is 184 g/mol. The van der Waals surface area contributed by atoms with Gasteiger partial charge in [0.05, 0.1) is 11.5 Å². The highest BCUT2D eigenvalue weighted by molar-refractivity contribution is 5.77. The Balaban J connectivity index is 2.40. The van der Waals surface area contributed by atoms with E-state index in [4.69, 9.17) is 5.11 Å². The van der Waals surface area contributed by atoms with Gasteiger partial charge in [-0.05, 0) is 30.6 Å². The van der Waals surface area contributed by atoms with E-state index in [9.17, 15) is 9.90 Å². The van der Waals surface area contributed by atoms with Gasteiger partial charge >= 0.3 is 5.97 Å². The number of aliphatic hydroxyl groups excluding tert-OH is 1. The second kappa shape index (κ2) is 2.27. The molecule has 0 radical (unpaired) electrons. The summed E-state index contributed by atoms with van der Waals surface area (Å²) >= 11 is 0. The summed E-state index contributed by atoms with van der Waals surface area (Å²) in [5.41, 5.74) is -1.04. The van der Waals surface area contributed by atoms with Crippen LogP contribution in [0, 0.1) is 16.7 Å². The predicted octanol–water partition coefficient (Wildman–Crippen LogP) is 1.26. The minimum absolute atomic E-state index is 0.212. The van der Waals surface area contributed by atoms with E-state index < -0.39 is 17.5 Å². The van der Waals surface area contributed by atoms with Crippen molar-refractivity contribution in [3.8, 4) is 0 Å². The van der Waals surface area contributed by atoms with E-state index in [2.05, 4.69) is 0 Å². The normalized spacial score (nSPS) is 46.7. The standard InChI is InChI=1S/C10H16O3/c1-9(2)6-3-4-10(5-6,7(9)11)8(12)13/h6-7,11H,3-5H2,1-2H3,(H,12,13)/t6?,7-,10?/m1/s1. The number of fused-ring (bicyclic) bond motifs is 2. The predicted molar refractivity (Wildman–Crippen MR) is 47.2 cm³/mol. The minimum Gasteiger partial charge on any atom is -0.481 e. The first-order chi connectivity index (χ1) is 5.91. The lowest BCUT2D eigenvalue weighted by atomic mass is 9.69. The Bertz CT molecular complexity index is 259. The van der Waals surface area contributed by atoms with Crippen molar-refractivity contribution in [2.24, 2.45) is 16.7 Å². The van der Waals surface area contributed by atoms with Crippen LogP contribution < -0.4 is 0 Å². The number of carboxylic acid groups (broad SMARTS) is 1. The van der Waals surface area contributed by atoms with Crippen LogP contribution in [-0.2, 0) is 4.79 Å². The molecule has 2 bridgehead atoms. The van der Waals surface area contributed by atoms with E-state index in [1.165, 1.54) is 0 Å². The molecule has 0 saturated heterocycles. The first kappa shape index (κ1) is 9.00. The maximum absolute atomic E-state index is 11.1. The summed E-state index contributed by atoms with van der Waals surface area (Å²) in [7, 11) is 0. The zero-order chi connectivity index (χ0) is 9.85. The zero-order valence-electron chi connectivity index (χ0n) is 8.08. The average Bonchev–Trinajstić information content (AvgIpc) is 2.53. The third-order valence-corrected chi connectivity index (χ3v) is 4.26. The summed E-state index contributed by atoms with van der Waals surface area (Å²) in [4.78, 5) is 11.1. The molecule has 13 heavy (non-hydrogen) atoms. The van der Waals surface area contributed by atoms with Crippen molar-refractivity contribution in [2.75, 3.05) is 0 Å². The van der Waals surface area contributed by atoms with Crippen LogP contribution in [0.25, 0.3) is 0 Å². The number of hydrogen-bond acceptors (Lipinski definition) is 2. The Morgan fingerprint density at radius 3 is 2.38 bits per heavy atom. The van der Waals surface area contributed by atoms with Gasteiger partial charge in [0, 0.05) is 0 Å². The summed E-state index contributed by atoms with van der Waals surface area (Å²) < 4.78 is 0. The van der Waals surface area contributed by atoms with Crippen molar-refractivity contribution in [3.63, 3.8) is 0 Å². The molecule has 0 aliphatic heterocycles. The molecule has 0 heterocycles. The topological polar surface area (TPSA) is 57.5 Å². The Hall–Kier alpha value is -0.570. The van der Waals surface area contributed by atoms with E-state index in [0.29, 0.717) is 18.8 Å². The van der Waals surface area contributed by atoms with Gasteiger partial charge in [0.1, 0.15) is 0 Å². The molecule has 0 spiro atoms. The molecular weight excluding hydrogens is 168 g/mol. The molecule has 3 heteroatoms. The largest absolute Gasteiger partial charge is 0.481 e. The minimum atomic E-state index is -0.825. The molecule has 0 amide bonds. The fraction of sp³-hybridized carbons (Fsp3) is 0.900. The molecule has 2 aliphatic rings. The van der Waals surface area contributed by atoms with Gasteiger partial charge in [-0.1, -0.05) is 13.8 Å². The SMILES string of the molecule is CC1(C)C2CCC(C(=O)O)(C2)[C@@H]1O. The molecule has 2 unspecified atom stereocenters. The molecule has 2 N–H and O–H groups in total. The maximum Gasteiger partial charge on any atom is 0.312 e. The highest BCUT2D eigenvalue weighted by Crippen LogP contribution is 2.62. The summed E-state index contributed by atoms with van der Waals surface area (Å²) in [6, 6.07) is 0. The van der Waals surface area contributed by atoms with Crippen LogP contribution in [0.1, 0.15) is 33.1 Å². The lowest BCUT2D eigenvalue weighted by Gasteiger charge is -2.38. The number of aliphatic carboxylic acids is 1. The molecule has 0 aromatic carbocycles. The first-order valence-corrected chi connectivity index (χ1v) is 4.83. The van der Waals surface area contributed by atoms with Gasteiger partial charge < -0.3 is 10.2 Å². The van der Waals surface area contributed by atoms with Gasteiger partial charge in [0.2, 0.25) is 0 Å². The van der Waals surface area contributed by atoms with Crippen LogP contribution in [0.5, 0.6) is 0 Å². The van der Waals surface area contributed by atoms with Crippen molar-refractivity contribution in [1.82, 2.24) is 0 Å². The zero-order valence-corrected chi connectivity index (χ0v) is 8.08. The van der Waals surface area contributed by atoms with Crippen LogP contribution in [-0.4, -0.2) is 22.3 Å². The molecule has 2 fully saturated rings. The second-order valence-electron chi connectivity index (χ2n) is 5.12. The van der Waals surface area contributed by atoms with Crippen LogP contribution in [0.2, 0.25) is 0 Å². The van der Waals surface area contributed by atoms with Crippen LogP contribution in [0.3, 0.4) is 0 Å². The van der Waals surface area contributed by atoms with E-state index in [1.54, 1.807) is 0 Å². The molecule has 74 valence electrons. The van der Waals surface area contributed by atoms with Gasteiger partial charge in [-0.15, -0.1) is 0 Å². The lowest BCUT2D eigenvalue weighted by Crippen LogP contribution is -2.45. The van der Waals surface area contributed by atoms with Crippen LogP contribution >= 0.6 is 0 Å². The summed E-state index contributed by atoms with van der Waals surface area (Å²) in [6.45, 7) is 3.96. The van der Waals surface area contributed by atoms with E-state index in [0.717, 1.165) is 6.42 Å². The summed E-state index contributed by atoms with van der Waals surface area (Å²) in [5, 5.41) is 19.1. The smallest absolute Gasteiger partial charge is 0.312 e. The van der Waals surface area contributed by atoms with Crippen molar-refractivity contribution in [3.05, 3.63) is 0 Å². The third kappa shape index (κ3) is 0.857. The van der Waals surface area contributed by atoms with Gasteiger partial charge in [0.25, 0.3) is 0 Å². The number of aliphatic hydroxyl groups is 1. The number of carboxylic acids is 1. The van der Waals surface area contributed by atoms with Crippen molar-refractivity contribution < 1.29 is 15.0 Å². The molecular formula is C10H16O3. The monoisotopic (exact) mass is 184 g/mol. The number of rotatable bonds is 1. The van der Waals surface area contributed by atoms with Gasteiger partial charge in [-0.2, -0.15) is 0 Å². The quantitative estimate of drug-likeness (QED) is 0.645.